The van der Waals surface area contributed by atoms with Gasteiger partial charge in [-0.3, -0.25) is 9.59 Å². The fourth-order valence-corrected chi connectivity index (χ4v) is 1.93. The van der Waals surface area contributed by atoms with E-state index in [1.54, 1.807) is 0 Å². The number of nitrogens with one attached hydrogen (secondary N) is 1. The van der Waals surface area contributed by atoms with Crippen LogP contribution in [0.2, 0.25) is 0 Å². The van der Waals surface area contributed by atoms with Crippen molar-refractivity contribution < 1.29 is 14.7 Å². The van der Waals surface area contributed by atoms with E-state index < -0.39 is 18.3 Å². The number of amides is 1. The Hall–Kier alpha value is -1.43. The summed E-state index contributed by atoms with van der Waals surface area (Å²) in [6, 6.07) is 0. The van der Waals surface area contributed by atoms with Gasteiger partial charge in [-0.2, -0.15) is 0 Å². The molecule has 1 heterocycles. The third-order valence-electron chi connectivity index (χ3n) is 1.83. The maximum Gasteiger partial charge on any atom is 0.312 e. The highest BCUT2D eigenvalue weighted by Gasteiger charge is 2.18. The number of aliphatic carboxylic acids is 1. The maximum absolute atomic E-state index is 11.2. The van der Waals surface area contributed by atoms with Gasteiger partial charge in [-0.15, -0.1) is 11.3 Å². The summed E-state index contributed by atoms with van der Waals surface area (Å²) >= 11 is 1.30. The van der Waals surface area contributed by atoms with Crippen LogP contribution in [0.4, 0.5) is 5.13 Å². The zero-order valence-electron chi connectivity index (χ0n) is 9.40. The number of thiazole rings is 1. The summed E-state index contributed by atoms with van der Waals surface area (Å²) in [7, 11) is 0. The number of carbonyl (C=O) groups excluding carboxylic acids is 1. The third kappa shape index (κ3) is 3.62. The van der Waals surface area contributed by atoms with Crippen molar-refractivity contribution in [2.75, 3.05) is 5.32 Å². The van der Waals surface area contributed by atoms with Gasteiger partial charge in [-0.1, -0.05) is 20.8 Å². The molecule has 88 valence electrons. The predicted octanol–water partition coefficient (Wildman–Crippen LogP) is 1.85. The van der Waals surface area contributed by atoms with Crippen LogP contribution in [-0.2, 0) is 15.0 Å². The SMILES string of the molecule is CC(C)(C)c1csc(NC(=O)CC(=O)O)n1. The predicted molar refractivity (Wildman–Crippen MR) is 61.7 cm³/mol. The number of carbonyl (C=O) groups is 2. The van der Waals surface area contributed by atoms with Gasteiger partial charge < -0.3 is 10.4 Å². The van der Waals surface area contributed by atoms with E-state index in [0.717, 1.165) is 5.69 Å². The fourth-order valence-electron chi connectivity index (χ4n) is 0.976. The van der Waals surface area contributed by atoms with Crippen molar-refractivity contribution in [3.05, 3.63) is 11.1 Å². The molecule has 0 unspecified atom stereocenters. The average Bonchev–Trinajstić information content (AvgIpc) is 2.49. The number of nitrogens with zero attached hydrogens (tertiary/aromatic N) is 1. The zero-order chi connectivity index (χ0) is 12.3. The van der Waals surface area contributed by atoms with Crippen molar-refractivity contribution >= 4 is 28.3 Å². The summed E-state index contributed by atoms with van der Waals surface area (Å²) in [5, 5.41) is 13.2. The molecule has 2 N–H and O–H groups in total. The van der Waals surface area contributed by atoms with Gasteiger partial charge in [0.05, 0.1) is 5.69 Å². The number of rotatable bonds is 3. The number of carboxylic acids is 1. The van der Waals surface area contributed by atoms with Gasteiger partial charge in [-0.25, -0.2) is 4.98 Å². The van der Waals surface area contributed by atoms with E-state index in [4.69, 9.17) is 5.11 Å². The summed E-state index contributed by atoms with van der Waals surface area (Å²) in [5.74, 6) is -1.70. The monoisotopic (exact) mass is 242 g/mol. The van der Waals surface area contributed by atoms with E-state index in [2.05, 4.69) is 10.3 Å². The topological polar surface area (TPSA) is 79.3 Å². The maximum atomic E-state index is 11.2. The summed E-state index contributed by atoms with van der Waals surface area (Å²) in [5.41, 5.74) is 0.801. The summed E-state index contributed by atoms with van der Waals surface area (Å²) < 4.78 is 0. The number of aromatic nitrogens is 1. The van der Waals surface area contributed by atoms with Crippen LogP contribution in [0, 0.1) is 0 Å². The van der Waals surface area contributed by atoms with Crippen LogP contribution in [0.1, 0.15) is 32.9 Å². The molecule has 0 atom stereocenters. The van der Waals surface area contributed by atoms with Crippen LogP contribution in [-0.4, -0.2) is 22.0 Å². The molecular formula is C10H14N2O3S. The van der Waals surface area contributed by atoms with E-state index in [9.17, 15) is 9.59 Å². The molecule has 0 saturated heterocycles. The van der Waals surface area contributed by atoms with Crippen LogP contribution < -0.4 is 5.32 Å². The number of anilines is 1. The molecule has 0 saturated carbocycles. The second-order valence-electron chi connectivity index (χ2n) is 4.41. The Morgan fingerprint density at radius 1 is 1.50 bits per heavy atom. The van der Waals surface area contributed by atoms with Crippen molar-refractivity contribution in [3.63, 3.8) is 0 Å². The van der Waals surface area contributed by atoms with Crippen molar-refractivity contribution in [1.82, 2.24) is 4.98 Å². The van der Waals surface area contributed by atoms with Gasteiger partial charge in [0.15, 0.2) is 5.13 Å². The lowest BCUT2D eigenvalue weighted by Gasteiger charge is -2.14. The molecule has 1 aromatic rings. The third-order valence-corrected chi connectivity index (χ3v) is 2.59. The molecule has 0 aromatic carbocycles. The molecule has 0 aliphatic heterocycles. The Balaban J connectivity index is 2.66. The largest absolute Gasteiger partial charge is 0.481 e. The second-order valence-corrected chi connectivity index (χ2v) is 5.26. The Bertz CT molecular complexity index is 406. The first-order valence-corrected chi connectivity index (χ1v) is 5.64. The molecule has 1 rings (SSSR count). The standard InChI is InChI=1S/C10H14N2O3S/c1-10(2,3)6-5-16-9(11-6)12-7(13)4-8(14)15/h5H,4H2,1-3H3,(H,14,15)(H,11,12,13). The van der Waals surface area contributed by atoms with E-state index in [0.29, 0.717) is 5.13 Å². The molecular weight excluding hydrogens is 228 g/mol. The van der Waals surface area contributed by atoms with Crippen LogP contribution >= 0.6 is 11.3 Å². The minimum absolute atomic E-state index is 0.0771. The number of hydrogen-bond acceptors (Lipinski definition) is 4. The lowest BCUT2D eigenvalue weighted by atomic mass is 9.93. The highest BCUT2D eigenvalue weighted by atomic mass is 32.1. The highest BCUT2D eigenvalue weighted by Crippen LogP contribution is 2.26. The molecule has 5 nitrogen and oxygen atoms in total. The minimum Gasteiger partial charge on any atom is -0.481 e. The molecule has 16 heavy (non-hydrogen) atoms. The lowest BCUT2D eigenvalue weighted by molar-refractivity contribution is -0.139. The first kappa shape index (κ1) is 12.6. The normalized spacial score (nSPS) is 11.2. The summed E-state index contributed by atoms with van der Waals surface area (Å²) in [6.07, 6.45) is -0.537. The number of carboxylic acid groups (broad SMARTS) is 1. The van der Waals surface area contributed by atoms with Gasteiger partial charge in [0.1, 0.15) is 6.42 Å². The molecule has 1 aromatic heterocycles. The lowest BCUT2D eigenvalue weighted by Crippen LogP contribution is -2.16. The van der Waals surface area contributed by atoms with Gasteiger partial charge in [-0.05, 0) is 0 Å². The van der Waals surface area contributed by atoms with Crippen LogP contribution in [0.3, 0.4) is 0 Å². The molecule has 0 radical (unpaired) electrons. The van der Waals surface area contributed by atoms with Crippen LogP contribution in [0.15, 0.2) is 5.38 Å². The van der Waals surface area contributed by atoms with E-state index in [-0.39, 0.29) is 5.41 Å². The quantitative estimate of drug-likeness (QED) is 0.793. The van der Waals surface area contributed by atoms with E-state index in [1.807, 2.05) is 26.2 Å². The van der Waals surface area contributed by atoms with Gasteiger partial charge in [0.25, 0.3) is 0 Å². The Morgan fingerprint density at radius 3 is 2.56 bits per heavy atom. The number of hydrogen-bond donors (Lipinski definition) is 2. The molecule has 1 amide bonds. The Morgan fingerprint density at radius 2 is 2.12 bits per heavy atom. The van der Waals surface area contributed by atoms with Gasteiger partial charge >= 0.3 is 5.97 Å². The fraction of sp³-hybridized carbons (Fsp3) is 0.500. The van der Waals surface area contributed by atoms with Gasteiger partial charge in [0.2, 0.25) is 5.91 Å². The summed E-state index contributed by atoms with van der Waals surface area (Å²) in [6.45, 7) is 6.06. The van der Waals surface area contributed by atoms with Crippen LogP contribution in [0.5, 0.6) is 0 Å². The summed E-state index contributed by atoms with van der Waals surface area (Å²) in [4.78, 5) is 25.7. The second kappa shape index (κ2) is 4.61. The first-order chi connectivity index (χ1) is 7.29. The molecule has 0 fully saturated rings. The molecule has 0 bridgehead atoms. The highest BCUT2D eigenvalue weighted by molar-refractivity contribution is 7.13. The average molecular weight is 242 g/mol. The van der Waals surface area contributed by atoms with Crippen molar-refractivity contribution in [1.29, 1.82) is 0 Å². The molecule has 0 aliphatic rings. The smallest absolute Gasteiger partial charge is 0.312 e. The Kier molecular flexibility index (Phi) is 3.64. The minimum atomic E-state index is -1.15. The van der Waals surface area contributed by atoms with Gasteiger partial charge in [0, 0.05) is 10.8 Å². The van der Waals surface area contributed by atoms with E-state index in [1.165, 1.54) is 11.3 Å². The van der Waals surface area contributed by atoms with Crippen LogP contribution in [0.25, 0.3) is 0 Å². The van der Waals surface area contributed by atoms with E-state index >= 15 is 0 Å². The Labute approximate surface area is 97.5 Å². The molecule has 0 aliphatic carbocycles. The van der Waals surface area contributed by atoms with Crippen molar-refractivity contribution in [2.24, 2.45) is 0 Å². The zero-order valence-corrected chi connectivity index (χ0v) is 10.2. The van der Waals surface area contributed by atoms with Crippen molar-refractivity contribution in [3.8, 4) is 0 Å². The first-order valence-electron chi connectivity index (χ1n) is 4.76. The van der Waals surface area contributed by atoms with Crippen molar-refractivity contribution in [2.45, 2.75) is 32.6 Å². The molecule has 0 spiro atoms. The molecule has 6 heteroatoms.